The zero-order valence-corrected chi connectivity index (χ0v) is 23.3. The fourth-order valence-electron chi connectivity index (χ4n) is 6.72. The van der Waals surface area contributed by atoms with E-state index in [0.717, 1.165) is 34.4 Å². The molecular weight excluding hydrogens is 531 g/mol. The average molecular weight is 562 g/mol. The van der Waals surface area contributed by atoms with Crippen molar-refractivity contribution in [2.75, 3.05) is 11.9 Å². The molecule has 0 aromatic heterocycles. The number of aryl methyl sites for hydroxylation is 1. The van der Waals surface area contributed by atoms with Crippen LogP contribution in [0.4, 0.5) is 5.69 Å². The fraction of sp³-hybridized carbons (Fsp3) is 0.344. The number of alkyl halides is 2. The van der Waals surface area contributed by atoms with Crippen LogP contribution >= 0.6 is 23.2 Å². The van der Waals surface area contributed by atoms with Crippen molar-refractivity contribution in [2.45, 2.75) is 48.8 Å². The van der Waals surface area contributed by atoms with E-state index in [1.54, 1.807) is 0 Å². The largest absolute Gasteiger partial charge is 0.326 e. The Bertz CT molecular complexity index is 1350. The molecule has 0 saturated carbocycles. The Morgan fingerprint density at radius 3 is 1.72 bits per heavy atom. The van der Waals surface area contributed by atoms with Gasteiger partial charge in [-0.05, 0) is 59.2 Å². The second-order valence-electron chi connectivity index (χ2n) is 10.7. The molecule has 1 saturated heterocycles. The molecule has 0 radical (unpaired) electrons. The van der Waals surface area contributed by atoms with Crippen molar-refractivity contribution in [3.8, 4) is 0 Å². The number of imide groups is 1. The van der Waals surface area contributed by atoms with Crippen LogP contribution in [0.1, 0.15) is 60.4 Å². The molecule has 3 amide bonds. The van der Waals surface area contributed by atoms with E-state index in [2.05, 4.69) is 12.2 Å². The number of unbranched alkanes of at least 4 members (excludes halogenated alkanes) is 2. The van der Waals surface area contributed by atoms with Gasteiger partial charge in [0.2, 0.25) is 17.7 Å². The monoisotopic (exact) mass is 560 g/mol. The molecule has 1 fully saturated rings. The summed E-state index contributed by atoms with van der Waals surface area (Å²) in [6.45, 7) is 2.38. The van der Waals surface area contributed by atoms with E-state index in [1.807, 2.05) is 72.8 Å². The zero-order chi connectivity index (χ0) is 27.4. The molecule has 3 aromatic rings. The lowest BCUT2D eigenvalue weighted by molar-refractivity contribution is -0.140. The molecule has 200 valence electrons. The van der Waals surface area contributed by atoms with Gasteiger partial charge in [0.1, 0.15) is 9.75 Å². The van der Waals surface area contributed by atoms with Crippen molar-refractivity contribution >= 4 is 46.6 Å². The topological polar surface area (TPSA) is 66.5 Å². The summed E-state index contributed by atoms with van der Waals surface area (Å²) in [7, 11) is 0. The minimum Gasteiger partial charge on any atom is -0.326 e. The lowest BCUT2D eigenvalue weighted by atomic mass is 9.54. The number of nitrogens with zero attached hydrogens (tertiary/aromatic N) is 1. The van der Waals surface area contributed by atoms with Gasteiger partial charge in [-0.3, -0.25) is 19.3 Å². The molecule has 7 rings (SSSR count). The number of anilines is 1. The highest BCUT2D eigenvalue weighted by molar-refractivity contribution is 6.36. The van der Waals surface area contributed by atoms with Gasteiger partial charge in [0.25, 0.3) is 0 Å². The minimum atomic E-state index is -1.15. The van der Waals surface area contributed by atoms with Gasteiger partial charge in [-0.15, -0.1) is 23.2 Å². The quantitative estimate of drug-likeness (QED) is 0.198. The molecule has 2 bridgehead atoms. The molecule has 39 heavy (non-hydrogen) atoms. The van der Waals surface area contributed by atoms with Crippen LogP contribution in [0.15, 0.2) is 72.8 Å². The molecule has 3 aromatic carbocycles. The number of carbonyl (C=O) groups is 3. The number of halogens is 2. The molecule has 3 aliphatic carbocycles. The van der Waals surface area contributed by atoms with E-state index in [4.69, 9.17) is 23.2 Å². The van der Waals surface area contributed by atoms with Gasteiger partial charge >= 0.3 is 0 Å². The van der Waals surface area contributed by atoms with Gasteiger partial charge in [0.05, 0.1) is 11.8 Å². The highest BCUT2D eigenvalue weighted by Crippen LogP contribution is 2.69. The van der Waals surface area contributed by atoms with Crippen molar-refractivity contribution in [3.05, 3.63) is 101 Å². The van der Waals surface area contributed by atoms with Crippen LogP contribution in [-0.4, -0.2) is 29.2 Å². The second-order valence-corrected chi connectivity index (χ2v) is 11.9. The molecule has 5 nitrogen and oxygen atoms in total. The van der Waals surface area contributed by atoms with Crippen molar-refractivity contribution < 1.29 is 14.4 Å². The number of hydrogen-bond acceptors (Lipinski definition) is 3. The molecule has 0 spiro atoms. The standard InChI is InChI=1S/C32H30Cl2N2O3/c1-2-20-15-17-21(18-16-20)35-26(37)14-4-3-9-19-36-29(38)27-28(30(36)39)32(34)23-11-6-5-10-22(23)31(27,33)24-12-7-8-13-25(24)32/h5-8,10-13,15-18,27-28H,2-4,9,14,19H2,1H3,(H,35,37)/t27-,28-,31?,32?/m1/s1. The molecule has 1 aliphatic heterocycles. The summed E-state index contributed by atoms with van der Waals surface area (Å²) in [5.74, 6) is -2.10. The van der Waals surface area contributed by atoms with E-state index in [0.29, 0.717) is 25.7 Å². The summed E-state index contributed by atoms with van der Waals surface area (Å²) in [5, 5.41) is 2.93. The maximum absolute atomic E-state index is 13.8. The first-order valence-corrected chi connectivity index (χ1v) is 14.4. The Labute approximate surface area is 238 Å². The summed E-state index contributed by atoms with van der Waals surface area (Å²) in [6.07, 6.45) is 3.32. The smallest absolute Gasteiger partial charge is 0.235 e. The van der Waals surface area contributed by atoms with E-state index in [-0.39, 0.29) is 24.3 Å². The SMILES string of the molecule is CCc1ccc(NC(=O)CCCCCN2C(=O)[C@H]3[C@H](C2=O)C2(Cl)c4ccccc4C3(Cl)c3ccccc32)cc1. The second kappa shape index (κ2) is 9.79. The van der Waals surface area contributed by atoms with E-state index >= 15 is 0 Å². The molecule has 1 heterocycles. The van der Waals surface area contributed by atoms with Crippen molar-refractivity contribution in [1.82, 2.24) is 4.90 Å². The molecule has 1 N–H and O–H groups in total. The number of hydrogen-bond donors (Lipinski definition) is 1. The number of amides is 3. The van der Waals surface area contributed by atoms with Crippen LogP contribution in [0, 0.1) is 11.8 Å². The first-order chi connectivity index (χ1) is 18.8. The third-order valence-electron chi connectivity index (χ3n) is 8.61. The number of likely N-dealkylation sites (tertiary alicyclic amines) is 1. The average Bonchev–Trinajstić information content (AvgIpc) is 3.22. The maximum atomic E-state index is 13.8. The summed E-state index contributed by atoms with van der Waals surface area (Å²) in [5.41, 5.74) is 5.23. The van der Waals surface area contributed by atoms with E-state index < -0.39 is 21.6 Å². The van der Waals surface area contributed by atoms with E-state index in [1.165, 1.54) is 10.5 Å². The summed E-state index contributed by atoms with van der Waals surface area (Å²) >= 11 is 14.9. The molecule has 7 heteroatoms. The Balaban J connectivity index is 1.14. The first-order valence-electron chi connectivity index (χ1n) is 13.6. The zero-order valence-electron chi connectivity index (χ0n) is 21.8. The summed E-state index contributed by atoms with van der Waals surface area (Å²) < 4.78 is 0. The Morgan fingerprint density at radius 2 is 1.26 bits per heavy atom. The first kappa shape index (κ1) is 26.1. The van der Waals surface area contributed by atoms with Crippen molar-refractivity contribution in [3.63, 3.8) is 0 Å². The van der Waals surface area contributed by atoms with Crippen LogP contribution < -0.4 is 5.32 Å². The lowest BCUT2D eigenvalue weighted by Gasteiger charge is -2.54. The van der Waals surface area contributed by atoms with Crippen molar-refractivity contribution in [1.29, 1.82) is 0 Å². The van der Waals surface area contributed by atoms with Crippen LogP contribution in [0.3, 0.4) is 0 Å². The Kier molecular flexibility index (Phi) is 6.55. The van der Waals surface area contributed by atoms with Crippen molar-refractivity contribution in [2.24, 2.45) is 11.8 Å². The normalized spacial score (nSPS) is 26.3. The van der Waals surface area contributed by atoms with Crippen LogP contribution in [0.5, 0.6) is 0 Å². The molecule has 0 unspecified atom stereocenters. The number of benzene rings is 3. The van der Waals surface area contributed by atoms with Gasteiger partial charge in [-0.1, -0.05) is 74.0 Å². The maximum Gasteiger partial charge on any atom is 0.235 e. The van der Waals surface area contributed by atoms with Crippen LogP contribution in [-0.2, 0) is 30.6 Å². The van der Waals surface area contributed by atoms with Gasteiger partial charge < -0.3 is 5.32 Å². The predicted molar refractivity (Wildman–Crippen MR) is 153 cm³/mol. The van der Waals surface area contributed by atoms with Crippen LogP contribution in [0.2, 0.25) is 0 Å². The predicted octanol–water partition coefficient (Wildman–Crippen LogP) is 6.34. The Morgan fingerprint density at radius 1 is 0.769 bits per heavy atom. The van der Waals surface area contributed by atoms with Gasteiger partial charge in [0.15, 0.2) is 0 Å². The minimum absolute atomic E-state index is 0.0427. The fourth-order valence-corrected chi connectivity index (χ4v) is 7.82. The molecular formula is C32H30Cl2N2O3. The third-order valence-corrected chi connectivity index (χ3v) is 9.89. The third kappa shape index (κ3) is 3.85. The van der Waals surface area contributed by atoms with Crippen LogP contribution in [0.25, 0.3) is 0 Å². The number of rotatable bonds is 8. The summed E-state index contributed by atoms with van der Waals surface area (Å²) in [4.78, 5) is 39.1. The summed E-state index contributed by atoms with van der Waals surface area (Å²) in [6, 6.07) is 23.2. The lowest BCUT2D eigenvalue weighted by Crippen LogP contribution is -2.57. The van der Waals surface area contributed by atoms with Gasteiger partial charge in [-0.25, -0.2) is 0 Å². The number of carbonyl (C=O) groups excluding carboxylic acids is 3. The van der Waals surface area contributed by atoms with Gasteiger partial charge in [0, 0.05) is 18.7 Å². The van der Waals surface area contributed by atoms with E-state index in [9.17, 15) is 14.4 Å². The molecule has 4 aliphatic rings. The molecule has 2 atom stereocenters. The Hall–Kier alpha value is -3.15. The highest BCUT2D eigenvalue weighted by Gasteiger charge is 2.72. The highest BCUT2D eigenvalue weighted by atomic mass is 35.5. The number of nitrogens with one attached hydrogen (secondary N) is 1. The van der Waals surface area contributed by atoms with Gasteiger partial charge in [-0.2, -0.15) is 0 Å².